The number of hydrogen-bond donors (Lipinski definition) is 1. The normalized spacial score (nSPS) is 17.4. The lowest BCUT2D eigenvalue weighted by atomic mass is 10.0. The van der Waals surface area contributed by atoms with Gasteiger partial charge >= 0.3 is 0 Å². The quantitative estimate of drug-likeness (QED) is 0.856. The van der Waals surface area contributed by atoms with Crippen LogP contribution in [0.4, 0.5) is 11.4 Å². The Bertz CT molecular complexity index is 621. The Morgan fingerprint density at radius 1 is 0.810 bits per heavy atom. The average Bonchev–Trinajstić information content (AvgIpc) is 2.77. The third kappa shape index (κ3) is 2.51. The van der Waals surface area contributed by atoms with Crippen molar-refractivity contribution in [1.82, 2.24) is 0 Å². The fraction of sp³-hybridized carbons (Fsp3) is 0.368. The fourth-order valence-corrected chi connectivity index (χ4v) is 3.58. The van der Waals surface area contributed by atoms with Gasteiger partial charge in [-0.25, -0.2) is 0 Å². The number of fused-ring (bicyclic) bond motifs is 2. The van der Waals surface area contributed by atoms with Crippen molar-refractivity contribution in [3.05, 3.63) is 59.2 Å². The number of aryl methyl sites for hydroxylation is 1. The molecule has 2 aromatic rings. The summed E-state index contributed by atoms with van der Waals surface area (Å²) in [5, 5.41) is 3.50. The van der Waals surface area contributed by atoms with Crippen molar-refractivity contribution in [3.8, 4) is 0 Å². The summed E-state index contributed by atoms with van der Waals surface area (Å²) in [7, 11) is 0. The van der Waals surface area contributed by atoms with E-state index in [9.17, 15) is 0 Å². The Balaban J connectivity index is 1.58. The van der Waals surface area contributed by atoms with Crippen LogP contribution in [0.15, 0.2) is 42.5 Å². The van der Waals surface area contributed by atoms with Gasteiger partial charge in [0.1, 0.15) is 0 Å². The predicted molar refractivity (Wildman–Crippen MR) is 89.3 cm³/mol. The highest BCUT2D eigenvalue weighted by Gasteiger charge is 2.16. The standard InChI is InChI=1S/C19H22N2/c1-2-5-16-10-13-21(12-9-15(16)4-1)18-7-8-19-17(14-18)6-3-11-20-19/h1-2,4-5,7-8,14,20H,3,6,9-13H2. The Kier molecular flexibility index (Phi) is 3.30. The molecule has 0 saturated carbocycles. The molecule has 0 fully saturated rings. The number of hydrogen-bond acceptors (Lipinski definition) is 2. The average molecular weight is 278 g/mol. The Hall–Kier alpha value is -1.96. The molecular formula is C19H22N2. The maximum absolute atomic E-state index is 3.50. The van der Waals surface area contributed by atoms with Gasteiger partial charge in [0.05, 0.1) is 0 Å². The van der Waals surface area contributed by atoms with Gasteiger partial charge in [-0.15, -0.1) is 0 Å². The number of rotatable bonds is 1. The highest BCUT2D eigenvalue weighted by molar-refractivity contribution is 5.62. The van der Waals surface area contributed by atoms with E-state index in [0.717, 1.165) is 32.5 Å². The summed E-state index contributed by atoms with van der Waals surface area (Å²) in [5.41, 5.74) is 7.27. The van der Waals surface area contributed by atoms with Crippen LogP contribution in [0.1, 0.15) is 23.1 Å². The minimum Gasteiger partial charge on any atom is -0.385 e. The summed E-state index contributed by atoms with van der Waals surface area (Å²) in [6.45, 7) is 3.37. The maximum atomic E-state index is 3.50. The van der Waals surface area contributed by atoms with Gasteiger partial charge in [-0.3, -0.25) is 0 Å². The van der Waals surface area contributed by atoms with Gasteiger partial charge in [-0.1, -0.05) is 24.3 Å². The molecule has 0 saturated heterocycles. The molecule has 0 atom stereocenters. The highest BCUT2D eigenvalue weighted by atomic mass is 15.1. The highest BCUT2D eigenvalue weighted by Crippen LogP contribution is 2.28. The largest absolute Gasteiger partial charge is 0.385 e. The summed E-state index contributed by atoms with van der Waals surface area (Å²) in [6, 6.07) is 15.9. The summed E-state index contributed by atoms with van der Waals surface area (Å²) >= 11 is 0. The van der Waals surface area contributed by atoms with Crippen LogP contribution in [0.25, 0.3) is 0 Å². The Labute approximate surface area is 126 Å². The molecule has 1 N–H and O–H groups in total. The van der Waals surface area contributed by atoms with Crippen molar-refractivity contribution in [1.29, 1.82) is 0 Å². The zero-order valence-corrected chi connectivity index (χ0v) is 12.4. The second-order valence-electron chi connectivity index (χ2n) is 6.13. The lowest BCUT2D eigenvalue weighted by Gasteiger charge is -2.26. The minimum absolute atomic E-state index is 1.12. The van der Waals surface area contributed by atoms with Crippen molar-refractivity contribution in [2.24, 2.45) is 0 Å². The molecule has 2 aliphatic rings. The third-order valence-electron chi connectivity index (χ3n) is 4.81. The van der Waals surface area contributed by atoms with Crippen LogP contribution in [0.5, 0.6) is 0 Å². The molecule has 0 spiro atoms. The zero-order valence-electron chi connectivity index (χ0n) is 12.4. The SMILES string of the molecule is c1ccc2c(c1)CCN(c1ccc3c(c1)CCCN3)CC2. The van der Waals surface area contributed by atoms with Crippen molar-refractivity contribution >= 4 is 11.4 Å². The molecule has 0 bridgehead atoms. The Morgan fingerprint density at radius 2 is 1.57 bits per heavy atom. The van der Waals surface area contributed by atoms with Gasteiger partial charge in [0, 0.05) is 31.0 Å². The van der Waals surface area contributed by atoms with E-state index in [-0.39, 0.29) is 0 Å². The number of nitrogens with one attached hydrogen (secondary N) is 1. The molecule has 0 radical (unpaired) electrons. The summed E-state index contributed by atoms with van der Waals surface area (Å²) in [6.07, 6.45) is 4.78. The first kappa shape index (κ1) is 12.8. The van der Waals surface area contributed by atoms with Gasteiger partial charge in [0.15, 0.2) is 0 Å². The summed E-state index contributed by atoms with van der Waals surface area (Å²) < 4.78 is 0. The number of anilines is 2. The van der Waals surface area contributed by atoms with E-state index in [2.05, 4.69) is 52.7 Å². The second kappa shape index (κ2) is 5.44. The molecule has 2 aromatic carbocycles. The van der Waals surface area contributed by atoms with E-state index in [4.69, 9.17) is 0 Å². The minimum atomic E-state index is 1.12. The monoisotopic (exact) mass is 278 g/mol. The van der Waals surface area contributed by atoms with Crippen molar-refractivity contribution < 1.29 is 0 Å². The van der Waals surface area contributed by atoms with Crippen molar-refractivity contribution in [2.75, 3.05) is 29.9 Å². The summed E-state index contributed by atoms with van der Waals surface area (Å²) in [5.74, 6) is 0. The first-order valence-corrected chi connectivity index (χ1v) is 8.09. The molecule has 21 heavy (non-hydrogen) atoms. The molecular weight excluding hydrogens is 256 g/mol. The Morgan fingerprint density at radius 3 is 2.33 bits per heavy atom. The van der Waals surface area contributed by atoms with E-state index in [0.29, 0.717) is 0 Å². The molecule has 2 heteroatoms. The zero-order chi connectivity index (χ0) is 14.1. The van der Waals surface area contributed by atoms with Gasteiger partial charge < -0.3 is 10.2 Å². The lowest BCUT2D eigenvalue weighted by molar-refractivity contribution is 0.797. The van der Waals surface area contributed by atoms with Crippen LogP contribution in [-0.2, 0) is 19.3 Å². The van der Waals surface area contributed by atoms with Crippen LogP contribution >= 0.6 is 0 Å². The molecule has 0 aliphatic carbocycles. The number of benzene rings is 2. The molecule has 0 amide bonds. The first-order chi connectivity index (χ1) is 10.4. The van der Waals surface area contributed by atoms with E-state index in [1.165, 1.54) is 40.9 Å². The second-order valence-corrected chi connectivity index (χ2v) is 6.13. The van der Waals surface area contributed by atoms with Crippen LogP contribution < -0.4 is 10.2 Å². The molecule has 108 valence electrons. The third-order valence-corrected chi connectivity index (χ3v) is 4.81. The van der Waals surface area contributed by atoms with E-state index >= 15 is 0 Å². The smallest absolute Gasteiger partial charge is 0.0374 e. The first-order valence-electron chi connectivity index (χ1n) is 8.09. The van der Waals surface area contributed by atoms with E-state index < -0.39 is 0 Å². The molecule has 0 unspecified atom stereocenters. The van der Waals surface area contributed by atoms with Crippen molar-refractivity contribution in [3.63, 3.8) is 0 Å². The topological polar surface area (TPSA) is 15.3 Å². The molecule has 4 rings (SSSR count). The summed E-state index contributed by atoms with van der Waals surface area (Å²) in [4.78, 5) is 2.55. The van der Waals surface area contributed by atoms with Crippen LogP contribution in [0, 0.1) is 0 Å². The molecule has 2 heterocycles. The molecule has 2 aliphatic heterocycles. The lowest BCUT2D eigenvalue weighted by Crippen LogP contribution is -2.26. The van der Waals surface area contributed by atoms with E-state index in [1.54, 1.807) is 0 Å². The molecule has 2 nitrogen and oxygen atoms in total. The van der Waals surface area contributed by atoms with Gasteiger partial charge in [0.2, 0.25) is 0 Å². The number of nitrogens with zero attached hydrogens (tertiary/aromatic N) is 1. The maximum Gasteiger partial charge on any atom is 0.0374 e. The fourth-order valence-electron chi connectivity index (χ4n) is 3.58. The van der Waals surface area contributed by atoms with Crippen molar-refractivity contribution in [2.45, 2.75) is 25.7 Å². The van der Waals surface area contributed by atoms with Gasteiger partial charge in [-0.05, 0) is 60.6 Å². The van der Waals surface area contributed by atoms with Crippen LogP contribution in [0.2, 0.25) is 0 Å². The van der Waals surface area contributed by atoms with Gasteiger partial charge in [-0.2, -0.15) is 0 Å². The van der Waals surface area contributed by atoms with Gasteiger partial charge in [0.25, 0.3) is 0 Å². The van der Waals surface area contributed by atoms with Crippen LogP contribution in [-0.4, -0.2) is 19.6 Å². The van der Waals surface area contributed by atoms with E-state index in [1.807, 2.05) is 0 Å². The predicted octanol–water partition coefficient (Wildman–Crippen LogP) is 3.65. The van der Waals surface area contributed by atoms with Crippen LogP contribution in [0.3, 0.4) is 0 Å². The molecule has 0 aromatic heterocycles.